The van der Waals surface area contributed by atoms with Crippen molar-refractivity contribution in [3.8, 4) is 34.3 Å². The van der Waals surface area contributed by atoms with E-state index >= 15 is 0 Å². The molecule has 1 aliphatic rings. The van der Waals surface area contributed by atoms with E-state index in [1.807, 2.05) is 38.1 Å². The van der Waals surface area contributed by atoms with Crippen molar-refractivity contribution < 1.29 is 9.47 Å². The highest BCUT2D eigenvalue weighted by Gasteiger charge is 2.40. The van der Waals surface area contributed by atoms with E-state index < -0.39 is 0 Å². The zero-order valence-electron chi connectivity index (χ0n) is 18.7. The van der Waals surface area contributed by atoms with Gasteiger partial charge >= 0.3 is 0 Å². The minimum Gasteiger partial charge on any atom is -0.495 e. The molecule has 0 saturated heterocycles. The maximum atomic E-state index is 6.16. The largest absolute Gasteiger partial charge is 0.495 e. The fraction of sp³-hybridized carbons (Fsp3) is 0.348. The Hall–Kier alpha value is -3.95. The molecule has 0 aliphatic heterocycles. The van der Waals surface area contributed by atoms with Crippen molar-refractivity contribution in [1.82, 2.24) is 40.1 Å². The van der Waals surface area contributed by atoms with Gasteiger partial charge in [0.1, 0.15) is 17.3 Å². The standard InChI is InChI=1S/C23H24N8O2/c1-4-31-22(28-29-30-31)21-7-5-15(10-25-21)19-12-24-14(2)27-23(19)33-13-16-9-18(16)20-8-6-17(32-3)11-26-20/h5-8,10-12,16,18H,4,9,13H2,1-3H3. The molecule has 168 valence electrons. The number of methoxy groups -OCH3 is 1. The maximum Gasteiger partial charge on any atom is 0.224 e. The third kappa shape index (κ3) is 4.36. The number of pyridine rings is 2. The lowest BCUT2D eigenvalue weighted by Crippen LogP contribution is -2.06. The van der Waals surface area contributed by atoms with E-state index in [1.54, 1.807) is 30.4 Å². The summed E-state index contributed by atoms with van der Waals surface area (Å²) in [4.78, 5) is 18.0. The number of tetrazole rings is 1. The van der Waals surface area contributed by atoms with Gasteiger partial charge in [-0.3, -0.25) is 9.97 Å². The van der Waals surface area contributed by atoms with Crippen molar-refractivity contribution in [2.45, 2.75) is 32.7 Å². The van der Waals surface area contributed by atoms with Crippen LogP contribution in [0, 0.1) is 12.8 Å². The summed E-state index contributed by atoms with van der Waals surface area (Å²) in [5.74, 6) is 3.41. The van der Waals surface area contributed by atoms with Crippen LogP contribution in [0.4, 0.5) is 0 Å². The van der Waals surface area contributed by atoms with Crippen molar-refractivity contribution in [2.24, 2.45) is 5.92 Å². The molecule has 0 spiro atoms. The number of nitrogens with zero attached hydrogens (tertiary/aromatic N) is 8. The Morgan fingerprint density at radius 1 is 1.06 bits per heavy atom. The molecule has 0 amide bonds. The molecular formula is C23H24N8O2. The van der Waals surface area contributed by atoms with E-state index in [1.165, 1.54) is 0 Å². The SMILES string of the molecule is CCn1nnnc1-c1ccc(-c2cnc(C)nc2OCC2CC2c2ccc(OC)cn2)cn1. The Labute approximate surface area is 191 Å². The highest BCUT2D eigenvalue weighted by atomic mass is 16.5. The Kier molecular flexibility index (Phi) is 5.64. The molecule has 0 bridgehead atoms. The van der Waals surface area contributed by atoms with Gasteiger partial charge in [-0.15, -0.1) is 5.10 Å². The van der Waals surface area contributed by atoms with Crippen LogP contribution in [-0.2, 0) is 6.54 Å². The quantitative estimate of drug-likeness (QED) is 0.404. The van der Waals surface area contributed by atoms with Gasteiger partial charge in [-0.25, -0.2) is 9.67 Å². The second-order valence-corrected chi connectivity index (χ2v) is 7.92. The van der Waals surface area contributed by atoms with Gasteiger partial charge in [-0.05, 0) is 48.9 Å². The highest BCUT2D eigenvalue weighted by Crippen LogP contribution is 2.47. The normalized spacial score (nSPS) is 17.1. The van der Waals surface area contributed by atoms with Gasteiger partial charge in [0.15, 0.2) is 0 Å². The number of aryl methyl sites for hydroxylation is 2. The van der Waals surface area contributed by atoms with Gasteiger partial charge in [-0.2, -0.15) is 4.98 Å². The van der Waals surface area contributed by atoms with Crippen LogP contribution in [0.25, 0.3) is 22.6 Å². The summed E-state index contributed by atoms with van der Waals surface area (Å²) >= 11 is 0. The summed E-state index contributed by atoms with van der Waals surface area (Å²) in [7, 11) is 1.64. The molecule has 2 unspecified atom stereocenters. The first-order valence-electron chi connectivity index (χ1n) is 10.9. The number of ether oxygens (including phenoxy) is 2. The van der Waals surface area contributed by atoms with Crippen molar-refractivity contribution in [3.63, 3.8) is 0 Å². The molecule has 0 N–H and O–H groups in total. The minimum absolute atomic E-state index is 0.396. The Morgan fingerprint density at radius 3 is 2.70 bits per heavy atom. The summed E-state index contributed by atoms with van der Waals surface area (Å²) in [6, 6.07) is 7.81. The van der Waals surface area contributed by atoms with E-state index in [-0.39, 0.29) is 0 Å². The Bertz CT molecular complexity index is 1240. The van der Waals surface area contributed by atoms with Gasteiger partial charge < -0.3 is 9.47 Å². The third-order valence-electron chi connectivity index (χ3n) is 5.74. The lowest BCUT2D eigenvalue weighted by Gasteiger charge is -2.11. The first kappa shape index (κ1) is 20.9. The predicted molar refractivity (Wildman–Crippen MR) is 120 cm³/mol. The van der Waals surface area contributed by atoms with Gasteiger partial charge in [-0.1, -0.05) is 6.07 Å². The lowest BCUT2D eigenvalue weighted by molar-refractivity contribution is 0.285. The highest BCUT2D eigenvalue weighted by molar-refractivity contribution is 5.68. The number of hydrogen-bond acceptors (Lipinski definition) is 9. The van der Waals surface area contributed by atoms with Crippen LogP contribution in [0.2, 0.25) is 0 Å². The smallest absolute Gasteiger partial charge is 0.224 e. The van der Waals surface area contributed by atoms with Crippen molar-refractivity contribution in [2.75, 3.05) is 13.7 Å². The van der Waals surface area contributed by atoms with Crippen LogP contribution in [0.5, 0.6) is 11.6 Å². The fourth-order valence-electron chi connectivity index (χ4n) is 3.76. The van der Waals surface area contributed by atoms with E-state index in [9.17, 15) is 0 Å². The van der Waals surface area contributed by atoms with Crippen LogP contribution < -0.4 is 9.47 Å². The van der Waals surface area contributed by atoms with Crippen molar-refractivity contribution in [1.29, 1.82) is 0 Å². The molecule has 1 fully saturated rings. The summed E-state index contributed by atoms with van der Waals surface area (Å²) in [6.07, 6.45) is 6.35. The molecule has 5 rings (SSSR count). The predicted octanol–water partition coefficient (Wildman–Crippen LogP) is 3.11. The van der Waals surface area contributed by atoms with Gasteiger partial charge in [0.25, 0.3) is 0 Å². The van der Waals surface area contributed by atoms with Crippen LogP contribution in [0.1, 0.15) is 30.8 Å². The van der Waals surface area contributed by atoms with E-state index in [0.717, 1.165) is 29.0 Å². The van der Waals surface area contributed by atoms with Crippen LogP contribution in [-0.4, -0.2) is 53.9 Å². The molecule has 4 aromatic heterocycles. The molecular weight excluding hydrogens is 420 g/mol. The Balaban J connectivity index is 1.30. The van der Waals surface area contributed by atoms with E-state index in [0.29, 0.717) is 48.2 Å². The van der Waals surface area contributed by atoms with Crippen LogP contribution >= 0.6 is 0 Å². The summed E-state index contributed by atoms with van der Waals surface area (Å²) in [5, 5.41) is 11.8. The summed E-state index contributed by atoms with van der Waals surface area (Å²) in [5.41, 5.74) is 3.44. The molecule has 4 aromatic rings. The first-order chi connectivity index (χ1) is 16.2. The second-order valence-electron chi connectivity index (χ2n) is 7.92. The summed E-state index contributed by atoms with van der Waals surface area (Å²) in [6.45, 7) is 5.07. The molecule has 0 aromatic carbocycles. The zero-order valence-corrected chi connectivity index (χ0v) is 18.7. The molecule has 1 saturated carbocycles. The first-order valence-corrected chi connectivity index (χ1v) is 10.9. The lowest BCUT2D eigenvalue weighted by atomic mass is 10.1. The average Bonchev–Trinajstić information content (AvgIpc) is 3.48. The van der Waals surface area contributed by atoms with Gasteiger partial charge in [0, 0.05) is 42.0 Å². The average molecular weight is 444 g/mol. The molecule has 2 atom stereocenters. The van der Waals surface area contributed by atoms with Crippen LogP contribution in [0.15, 0.2) is 42.9 Å². The maximum absolute atomic E-state index is 6.16. The number of hydrogen-bond donors (Lipinski definition) is 0. The molecule has 10 nitrogen and oxygen atoms in total. The summed E-state index contributed by atoms with van der Waals surface area (Å²) < 4.78 is 13.1. The topological polar surface area (TPSA) is 114 Å². The monoisotopic (exact) mass is 444 g/mol. The van der Waals surface area contributed by atoms with Gasteiger partial charge in [0.2, 0.25) is 11.7 Å². The van der Waals surface area contributed by atoms with Gasteiger partial charge in [0.05, 0.1) is 25.5 Å². The third-order valence-corrected chi connectivity index (χ3v) is 5.74. The van der Waals surface area contributed by atoms with E-state index in [2.05, 4.69) is 35.5 Å². The molecule has 0 radical (unpaired) electrons. The number of aromatic nitrogens is 8. The van der Waals surface area contributed by atoms with Crippen molar-refractivity contribution in [3.05, 3.63) is 54.4 Å². The fourth-order valence-corrected chi connectivity index (χ4v) is 3.76. The zero-order chi connectivity index (χ0) is 22.8. The number of rotatable bonds is 8. The van der Waals surface area contributed by atoms with Crippen LogP contribution in [0.3, 0.4) is 0 Å². The molecule has 10 heteroatoms. The minimum atomic E-state index is 0.396. The van der Waals surface area contributed by atoms with E-state index in [4.69, 9.17) is 9.47 Å². The molecule has 4 heterocycles. The Morgan fingerprint density at radius 2 is 1.97 bits per heavy atom. The molecule has 33 heavy (non-hydrogen) atoms. The van der Waals surface area contributed by atoms with Crippen molar-refractivity contribution >= 4 is 0 Å². The second kappa shape index (κ2) is 8.89. The molecule has 1 aliphatic carbocycles.